The molecule has 0 aromatic rings. The molecule has 2 N–H and O–H groups in total. The Hall–Kier alpha value is -1.03. The lowest BCUT2D eigenvalue weighted by Crippen LogP contribution is -2.56. The van der Waals surface area contributed by atoms with Crippen molar-refractivity contribution in [3.8, 4) is 0 Å². The number of hydrogen-bond acceptors (Lipinski definition) is 4. The molecule has 0 heterocycles. The quantitative estimate of drug-likeness (QED) is 0.251. The van der Waals surface area contributed by atoms with Crippen LogP contribution >= 0.6 is 0 Å². The van der Waals surface area contributed by atoms with Crippen LogP contribution in [0.2, 0.25) is 0 Å². The first-order valence-corrected chi connectivity index (χ1v) is 13.1. The van der Waals surface area contributed by atoms with Gasteiger partial charge in [0.25, 0.3) is 5.60 Å². The Labute approximate surface area is 208 Å². The number of carbonyl (C=O) groups is 1. The van der Waals surface area contributed by atoms with E-state index in [0.717, 1.165) is 19.3 Å². The molecular formula is C26H38F6O4. The minimum absolute atomic E-state index is 0.104. The van der Waals surface area contributed by atoms with Crippen LogP contribution in [0.3, 0.4) is 0 Å². The number of alkyl halides is 6. The summed E-state index contributed by atoms with van der Waals surface area (Å²) < 4.78 is 82.3. The molecule has 4 rings (SSSR count). The van der Waals surface area contributed by atoms with Gasteiger partial charge in [-0.15, -0.1) is 0 Å². The Bertz CT molecular complexity index is 818. The van der Waals surface area contributed by atoms with Crippen LogP contribution in [0, 0.1) is 59.2 Å². The molecule has 4 bridgehead atoms. The van der Waals surface area contributed by atoms with Crippen molar-refractivity contribution in [1.29, 1.82) is 0 Å². The molecule has 208 valence electrons. The van der Waals surface area contributed by atoms with Crippen LogP contribution in [-0.4, -0.2) is 46.3 Å². The molecule has 36 heavy (non-hydrogen) atoms. The third-order valence-electron chi connectivity index (χ3n) is 10.5. The second-order valence-electron chi connectivity index (χ2n) is 12.7. The molecule has 4 aliphatic carbocycles. The van der Waals surface area contributed by atoms with Crippen LogP contribution in [-0.2, 0) is 9.53 Å². The summed E-state index contributed by atoms with van der Waals surface area (Å²) in [5, 5.41) is 19.9. The van der Waals surface area contributed by atoms with Crippen molar-refractivity contribution < 1.29 is 46.1 Å². The van der Waals surface area contributed by atoms with Gasteiger partial charge in [-0.05, 0) is 106 Å². The van der Waals surface area contributed by atoms with Gasteiger partial charge in [-0.3, -0.25) is 4.79 Å². The van der Waals surface area contributed by atoms with Crippen LogP contribution in [0.25, 0.3) is 0 Å². The molecule has 0 spiro atoms. The molecule has 0 aromatic carbocycles. The molecule has 0 saturated heterocycles. The fourth-order valence-corrected chi connectivity index (χ4v) is 8.83. The maximum Gasteiger partial charge on any atom is 0.426 e. The van der Waals surface area contributed by atoms with E-state index in [1.807, 2.05) is 13.8 Å². The van der Waals surface area contributed by atoms with Crippen molar-refractivity contribution >= 4 is 5.97 Å². The Balaban J connectivity index is 1.36. The van der Waals surface area contributed by atoms with Gasteiger partial charge < -0.3 is 14.9 Å². The molecule has 10 heteroatoms. The van der Waals surface area contributed by atoms with Crippen molar-refractivity contribution in [2.24, 2.45) is 59.2 Å². The third kappa shape index (κ3) is 4.46. The van der Waals surface area contributed by atoms with Crippen molar-refractivity contribution in [2.45, 2.75) is 89.8 Å². The Kier molecular flexibility index (Phi) is 7.02. The Morgan fingerprint density at radius 2 is 1.42 bits per heavy atom. The average Bonchev–Trinajstić information content (AvgIpc) is 3.48. The van der Waals surface area contributed by atoms with Crippen molar-refractivity contribution in [2.75, 3.05) is 6.61 Å². The second-order valence-corrected chi connectivity index (χ2v) is 12.7. The van der Waals surface area contributed by atoms with E-state index in [1.54, 1.807) is 0 Å². The van der Waals surface area contributed by atoms with E-state index in [2.05, 4.69) is 13.8 Å². The third-order valence-corrected chi connectivity index (χ3v) is 10.5. The van der Waals surface area contributed by atoms with E-state index in [0.29, 0.717) is 47.8 Å². The first-order valence-electron chi connectivity index (χ1n) is 13.1. The molecule has 10 atom stereocenters. The van der Waals surface area contributed by atoms with Gasteiger partial charge in [0.1, 0.15) is 0 Å². The molecule has 4 saturated carbocycles. The van der Waals surface area contributed by atoms with Gasteiger partial charge in [-0.1, -0.05) is 13.8 Å². The number of aliphatic hydroxyl groups is 2. The molecule has 4 nitrogen and oxygen atoms in total. The first kappa shape index (κ1) is 28.0. The fraction of sp³-hybridized carbons (Fsp3) is 0.962. The van der Waals surface area contributed by atoms with Crippen LogP contribution in [0.5, 0.6) is 0 Å². The highest BCUT2D eigenvalue weighted by Crippen LogP contribution is 2.67. The second kappa shape index (κ2) is 9.02. The number of halogens is 6. The largest absolute Gasteiger partial charge is 0.465 e. The number of ether oxygens (including phenoxy) is 1. The van der Waals surface area contributed by atoms with Gasteiger partial charge in [0.15, 0.2) is 0 Å². The van der Waals surface area contributed by atoms with Crippen LogP contribution in [0.1, 0.15) is 66.2 Å². The van der Waals surface area contributed by atoms with Gasteiger partial charge in [-0.2, -0.15) is 26.3 Å². The van der Waals surface area contributed by atoms with E-state index in [4.69, 9.17) is 4.74 Å². The van der Waals surface area contributed by atoms with Gasteiger partial charge in [-0.25, -0.2) is 0 Å². The van der Waals surface area contributed by atoms with Gasteiger partial charge in [0, 0.05) is 0 Å². The van der Waals surface area contributed by atoms with Gasteiger partial charge in [0.2, 0.25) is 0 Å². The zero-order valence-corrected chi connectivity index (χ0v) is 21.2. The van der Waals surface area contributed by atoms with E-state index >= 15 is 0 Å². The van der Waals surface area contributed by atoms with Crippen LogP contribution in [0.4, 0.5) is 26.3 Å². The lowest BCUT2D eigenvalue weighted by Gasteiger charge is -2.46. The number of fused-ring (bicyclic) bond motifs is 4. The lowest BCUT2D eigenvalue weighted by molar-refractivity contribution is -0.370. The maximum absolute atomic E-state index is 12.9. The van der Waals surface area contributed by atoms with Crippen LogP contribution < -0.4 is 0 Å². The summed E-state index contributed by atoms with van der Waals surface area (Å²) in [6.07, 6.45) is -10.5. The number of carbonyl (C=O) groups excluding carboxylic acids is 1. The fourth-order valence-electron chi connectivity index (χ4n) is 8.83. The summed E-state index contributed by atoms with van der Waals surface area (Å²) in [6, 6.07) is 0. The molecule has 4 aliphatic rings. The summed E-state index contributed by atoms with van der Waals surface area (Å²) in [4.78, 5) is 12.9. The molecular weight excluding hydrogens is 490 g/mol. The van der Waals surface area contributed by atoms with Gasteiger partial charge >= 0.3 is 18.3 Å². The summed E-state index contributed by atoms with van der Waals surface area (Å²) in [5.74, 6) is 2.36. The molecule has 0 radical (unpaired) electrons. The minimum Gasteiger partial charge on any atom is -0.465 e. The number of rotatable bonds is 7. The molecule has 10 unspecified atom stereocenters. The lowest BCUT2D eigenvalue weighted by atomic mass is 9.59. The zero-order chi connectivity index (χ0) is 27.0. The molecule has 0 aliphatic heterocycles. The molecule has 4 fully saturated rings. The highest BCUT2D eigenvalue weighted by Gasteiger charge is 2.69. The number of esters is 1. The normalized spacial score (nSPS) is 40.8. The maximum atomic E-state index is 12.9. The highest BCUT2D eigenvalue weighted by molar-refractivity contribution is 5.73. The van der Waals surface area contributed by atoms with Gasteiger partial charge in [0.05, 0.1) is 18.1 Å². The summed E-state index contributed by atoms with van der Waals surface area (Å²) in [7, 11) is 0. The topological polar surface area (TPSA) is 66.8 Å². The standard InChI is InChI=1S/C26H38F6O4/c1-12-14-8-17(21(12)20-13(2)16-10-15(20)11-19(16)23(3,4)34)18(9-14)22(33)36-7-5-6-24(35,25(27,28)29)26(30,31)32/h12-21,34-35H,5-11H2,1-4H3. The SMILES string of the molecule is CC1C2CC(CC2C(C)(C)O)C1C1C(C)C2CC(C(=O)OCCCC(O)(C(F)(F)F)C(F)(F)F)C1C2. The first-order chi connectivity index (χ1) is 16.4. The smallest absolute Gasteiger partial charge is 0.426 e. The highest BCUT2D eigenvalue weighted by atomic mass is 19.4. The van der Waals surface area contributed by atoms with Crippen molar-refractivity contribution in [1.82, 2.24) is 0 Å². The Morgan fingerprint density at radius 1 is 0.833 bits per heavy atom. The Morgan fingerprint density at radius 3 is 1.92 bits per heavy atom. The predicted octanol–water partition coefficient (Wildman–Crippen LogP) is 5.75. The predicted molar refractivity (Wildman–Crippen MR) is 118 cm³/mol. The van der Waals surface area contributed by atoms with E-state index < -0.39 is 54.9 Å². The zero-order valence-electron chi connectivity index (χ0n) is 21.2. The number of hydrogen-bond donors (Lipinski definition) is 2. The van der Waals surface area contributed by atoms with E-state index in [-0.39, 0.29) is 11.8 Å². The summed E-state index contributed by atoms with van der Waals surface area (Å²) in [5.41, 5.74) is -5.55. The van der Waals surface area contributed by atoms with Crippen LogP contribution in [0.15, 0.2) is 0 Å². The molecule has 0 aromatic heterocycles. The van der Waals surface area contributed by atoms with Crippen molar-refractivity contribution in [3.63, 3.8) is 0 Å². The average molecular weight is 529 g/mol. The molecule has 0 amide bonds. The van der Waals surface area contributed by atoms with E-state index in [9.17, 15) is 41.4 Å². The van der Waals surface area contributed by atoms with Crippen molar-refractivity contribution in [3.05, 3.63) is 0 Å². The summed E-state index contributed by atoms with van der Waals surface area (Å²) >= 11 is 0. The minimum atomic E-state index is -5.87. The monoisotopic (exact) mass is 528 g/mol. The van der Waals surface area contributed by atoms with E-state index in [1.165, 1.54) is 0 Å². The summed E-state index contributed by atoms with van der Waals surface area (Å²) in [6.45, 7) is 7.63.